The smallest absolute Gasteiger partial charge is 0.245 e. The quantitative estimate of drug-likeness (QED) is 0.857. The normalized spacial score (nSPS) is 18.7. The van der Waals surface area contributed by atoms with Crippen molar-refractivity contribution in [3.8, 4) is 11.5 Å². The highest BCUT2D eigenvalue weighted by Crippen LogP contribution is 2.31. The van der Waals surface area contributed by atoms with Crippen LogP contribution in [0, 0.1) is 5.41 Å². The van der Waals surface area contributed by atoms with Gasteiger partial charge in [-0.15, -0.1) is 5.10 Å². The summed E-state index contributed by atoms with van der Waals surface area (Å²) in [5.74, 6) is 1.35. The fourth-order valence-electron chi connectivity index (χ4n) is 2.29. The van der Waals surface area contributed by atoms with Gasteiger partial charge < -0.3 is 15.2 Å². The maximum Gasteiger partial charge on any atom is 0.245 e. The van der Waals surface area contributed by atoms with Crippen LogP contribution in [-0.2, 0) is 0 Å². The van der Waals surface area contributed by atoms with Crippen molar-refractivity contribution in [2.24, 2.45) is 11.1 Å². The molecule has 0 amide bonds. The van der Waals surface area contributed by atoms with Gasteiger partial charge in [-0.05, 0) is 24.8 Å². The molecule has 3 heterocycles. The van der Waals surface area contributed by atoms with Gasteiger partial charge in [0.05, 0.1) is 0 Å². The first-order valence-corrected chi connectivity index (χ1v) is 6.48. The second-order valence-electron chi connectivity index (χ2n) is 5.37. The molecule has 0 spiro atoms. The van der Waals surface area contributed by atoms with Crippen LogP contribution in [0.1, 0.15) is 19.8 Å². The molecule has 0 radical (unpaired) electrons. The minimum absolute atomic E-state index is 0.252. The van der Waals surface area contributed by atoms with Crippen molar-refractivity contribution in [2.45, 2.75) is 19.8 Å². The third-order valence-corrected chi connectivity index (χ3v) is 3.90. The van der Waals surface area contributed by atoms with Crippen LogP contribution >= 0.6 is 0 Å². The summed E-state index contributed by atoms with van der Waals surface area (Å²) in [6.45, 7) is 4.84. The van der Waals surface area contributed by atoms with Crippen LogP contribution in [0.5, 0.6) is 0 Å². The molecule has 102 valence electrons. The van der Waals surface area contributed by atoms with Crippen molar-refractivity contribution in [1.82, 2.24) is 20.3 Å². The van der Waals surface area contributed by atoms with E-state index in [1.807, 2.05) is 0 Å². The Bertz CT molecular complexity index is 526. The average molecular weight is 262 g/mol. The highest BCUT2D eigenvalue weighted by molar-refractivity contribution is 5.49. The van der Waals surface area contributed by atoms with Gasteiger partial charge in [0.2, 0.25) is 5.95 Å². The van der Waals surface area contributed by atoms with Gasteiger partial charge in [0.1, 0.15) is 6.26 Å². The fraction of sp³-hybridized carbons (Fsp3) is 0.583. The van der Waals surface area contributed by atoms with Crippen LogP contribution < -0.4 is 10.6 Å². The fourth-order valence-corrected chi connectivity index (χ4v) is 2.29. The number of H-pyrrole nitrogens is 1. The van der Waals surface area contributed by atoms with E-state index in [0.29, 0.717) is 11.5 Å². The second-order valence-corrected chi connectivity index (χ2v) is 5.37. The van der Waals surface area contributed by atoms with E-state index >= 15 is 0 Å². The average Bonchev–Trinajstić information content (AvgIpc) is 3.10. The Morgan fingerprint density at radius 3 is 2.89 bits per heavy atom. The van der Waals surface area contributed by atoms with Gasteiger partial charge in [-0.25, -0.2) is 0 Å². The van der Waals surface area contributed by atoms with Gasteiger partial charge in [0.25, 0.3) is 0 Å². The molecule has 19 heavy (non-hydrogen) atoms. The number of nitrogens with zero attached hydrogens (tertiary/aromatic N) is 4. The lowest BCUT2D eigenvalue weighted by atomic mass is 9.81. The number of aromatic nitrogens is 4. The lowest BCUT2D eigenvalue weighted by Gasteiger charge is -2.38. The zero-order chi connectivity index (χ0) is 13.3. The van der Waals surface area contributed by atoms with Crippen LogP contribution in [-0.4, -0.2) is 40.0 Å². The molecule has 2 aromatic rings. The number of nitrogens with two attached hydrogens (primary N) is 1. The lowest BCUT2D eigenvalue weighted by molar-refractivity contribution is 0.257. The summed E-state index contributed by atoms with van der Waals surface area (Å²) in [6.07, 6.45) is 3.65. The third kappa shape index (κ3) is 2.33. The zero-order valence-corrected chi connectivity index (χ0v) is 11.0. The number of nitrogens with one attached hydrogen (secondary N) is 1. The van der Waals surface area contributed by atoms with E-state index < -0.39 is 0 Å². The maximum atomic E-state index is 5.82. The van der Waals surface area contributed by atoms with E-state index in [4.69, 9.17) is 10.3 Å². The molecule has 0 atom stereocenters. The molecule has 0 aromatic carbocycles. The third-order valence-electron chi connectivity index (χ3n) is 3.90. The molecule has 0 unspecified atom stereocenters. The molecule has 7 nitrogen and oxygen atoms in total. The largest absolute Gasteiger partial charge is 0.364 e. The monoisotopic (exact) mass is 262 g/mol. The van der Waals surface area contributed by atoms with Gasteiger partial charge in [-0.2, -0.15) is 4.98 Å². The summed E-state index contributed by atoms with van der Waals surface area (Å²) in [7, 11) is 0. The lowest BCUT2D eigenvalue weighted by Crippen LogP contribution is -2.42. The first-order chi connectivity index (χ1) is 9.20. The first kappa shape index (κ1) is 12.2. The van der Waals surface area contributed by atoms with Crippen molar-refractivity contribution in [3.63, 3.8) is 0 Å². The number of aromatic amines is 1. The molecule has 2 aromatic heterocycles. The number of rotatable bonds is 3. The van der Waals surface area contributed by atoms with Gasteiger partial charge in [0, 0.05) is 19.2 Å². The van der Waals surface area contributed by atoms with E-state index in [9.17, 15) is 0 Å². The van der Waals surface area contributed by atoms with Gasteiger partial charge in [0.15, 0.2) is 11.5 Å². The van der Waals surface area contributed by atoms with Crippen LogP contribution in [0.25, 0.3) is 11.5 Å². The summed E-state index contributed by atoms with van der Waals surface area (Å²) in [5.41, 5.74) is 6.74. The molecule has 1 aliphatic heterocycles. The molecule has 0 bridgehead atoms. The molecule has 0 saturated carbocycles. The van der Waals surface area contributed by atoms with Crippen LogP contribution in [0.2, 0.25) is 0 Å². The summed E-state index contributed by atoms with van der Waals surface area (Å²) >= 11 is 0. The predicted molar refractivity (Wildman–Crippen MR) is 70.5 cm³/mol. The van der Waals surface area contributed by atoms with Crippen molar-refractivity contribution in [1.29, 1.82) is 0 Å². The molecule has 1 saturated heterocycles. The Labute approximate surface area is 111 Å². The minimum atomic E-state index is 0.252. The Kier molecular flexibility index (Phi) is 2.98. The van der Waals surface area contributed by atoms with Crippen LogP contribution in [0.15, 0.2) is 16.9 Å². The molecule has 3 N–H and O–H groups in total. The molecular formula is C12H18N6O. The predicted octanol–water partition coefficient (Wildman–Crippen LogP) is 1.02. The van der Waals surface area contributed by atoms with E-state index in [1.54, 1.807) is 6.07 Å². The van der Waals surface area contributed by atoms with Crippen molar-refractivity contribution in [3.05, 3.63) is 12.3 Å². The molecule has 1 aliphatic rings. The summed E-state index contributed by atoms with van der Waals surface area (Å²) in [4.78, 5) is 6.63. The molecule has 7 heteroatoms. The van der Waals surface area contributed by atoms with Crippen molar-refractivity contribution in [2.75, 3.05) is 24.5 Å². The number of piperidine rings is 1. The Balaban J connectivity index is 1.71. The Morgan fingerprint density at radius 1 is 1.47 bits per heavy atom. The minimum Gasteiger partial charge on any atom is -0.364 e. The van der Waals surface area contributed by atoms with E-state index in [2.05, 4.69) is 32.2 Å². The van der Waals surface area contributed by atoms with Crippen LogP contribution in [0.4, 0.5) is 5.95 Å². The summed E-state index contributed by atoms with van der Waals surface area (Å²) in [6, 6.07) is 1.76. The standard InChI is InChI=1S/C12H18N6O/c1-12(8-13)3-5-18(6-4-12)11-14-10(15-16-11)9-2-7-19-17-9/h2,7H,3-6,8,13H2,1H3,(H,14,15,16). The molecule has 3 rings (SSSR count). The van der Waals surface area contributed by atoms with Gasteiger partial charge >= 0.3 is 0 Å². The van der Waals surface area contributed by atoms with Crippen LogP contribution in [0.3, 0.4) is 0 Å². The highest BCUT2D eigenvalue weighted by Gasteiger charge is 2.30. The topological polar surface area (TPSA) is 96.9 Å². The van der Waals surface area contributed by atoms with Gasteiger partial charge in [-0.3, -0.25) is 5.10 Å². The highest BCUT2D eigenvalue weighted by atomic mass is 16.5. The van der Waals surface area contributed by atoms with Crippen molar-refractivity contribution >= 4 is 5.95 Å². The summed E-state index contributed by atoms with van der Waals surface area (Å²) in [5, 5.41) is 11.0. The molecule has 0 aliphatic carbocycles. The number of hydrogen-bond donors (Lipinski definition) is 2. The summed E-state index contributed by atoms with van der Waals surface area (Å²) < 4.78 is 4.80. The number of hydrogen-bond acceptors (Lipinski definition) is 6. The Hall–Kier alpha value is -1.89. The Morgan fingerprint density at radius 2 is 2.26 bits per heavy atom. The van der Waals surface area contributed by atoms with Gasteiger partial charge in [-0.1, -0.05) is 12.1 Å². The van der Waals surface area contributed by atoms with E-state index in [1.165, 1.54) is 6.26 Å². The zero-order valence-electron chi connectivity index (χ0n) is 11.0. The second kappa shape index (κ2) is 4.65. The van der Waals surface area contributed by atoms with Crippen molar-refractivity contribution < 1.29 is 4.52 Å². The maximum absolute atomic E-state index is 5.82. The van der Waals surface area contributed by atoms with E-state index in [0.717, 1.165) is 38.4 Å². The number of anilines is 1. The SMILES string of the molecule is CC1(CN)CCN(c2n[nH]c(-c3ccon3)n2)CC1. The molecule has 1 fully saturated rings. The molecular weight excluding hydrogens is 244 g/mol. The van der Waals surface area contributed by atoms with E-state index in [-0.39, 0.29) is 5.41 Å². The first-order valence-electron chi connectivity index (χ1n) is 6.48.